The van der Waals surface area contributed by atoms with Gasteiger partial charge < -0.3 is 25.2 Å². The Hall–Kier alpha value is -2.42. The molecule has 0 saturated carbocycles. The molecule has 1 aliphatic rings. The summed E-state index contributed by atoms with van der Waals surface area (Å²) in [5, 5.41) is 6.42. The number of methoxy groups -OCH3 is 1. The zero-order valence-corrected chi connectivity index (χ0v) is 17.4. The summed E-state index contributed by atoms with van der Waals surface area (Å²) in [7, 11) is 1.68. The van der Waals surface area contributed by atoms with Crippen LogP contribution in [0.5, 0.6) is 0 Å². The number of aliphatic imine (C=N–C) groups is 1. The highest BCUT2D eigenvalue weighted by Gasteiger charge is 2.22. The number of amides is 1. The van der Waals surface area contributed by atoms with Gasteiger partial charge in [0.2, 0.25) is 11.9 Å². The number of aromatic nitrogens is 2. The van der Waals surface area contributed by atoms with E-state index in [1.807, 2.05) is 25.7 Å². The van der Waals surface area contributed by atoms with Crippen molar-refractivity contribution < 1.29 is 9.53 Å². The number of nitrogens with one attached hydrogen (secondary N) is 2. The SMILES string of the molecule is CCNC(=NCC(C)(C)OC)NCCC(=O)N1CCN(c2ncccn2)CC1. The molecule has 2 rings (SSSR count). The molecule has 2 N–H and O–H groups in total. The highest BCUT2D eigenvalue weighted by atomic mass is 16.5. The number of rotatable bonds is 8. The summed E-state index contributed by atoms with van der Waals surface area (Å²) in [6.07, 6.45) is 3.91. The van der Waals surface area contributed by atoms with Crippen LogP contribution in [0.2, 0.25) is 0 Å². The maximum atomic E-state index is 12.5. The molecular weight excluding hydrogens is 358 g/mol. The fourth-order valence-corrected chi connectivity index (χ4v) is 2.73. The summed E-state index contributed by atoms with van der Waals surface area (Å²) >= 11 is 0. The lowest BCUT2D eigenvalue weighted by Crippen LogP contribution is -2.50. The van der Waals surface area contributed by atoms with Crippen molar-refractivity contribution >= 4 is 17.8 Å². The van der Waals surface area contributed by atoms with Gasteiger partial charge in [0.05, 0.1) is 12.1 Å². The molecule has 9 nitrogen and oxygen atoms in total. The van der Waals surface area contributed by atoms with E-state index in [1.54, 1.807) is 25.6 Å². The van der Waals surface area contributed by atoms with E-state index in [0.29, 0.717) is 38.6 Å². The van der Waals surface area contributed by atoms with Crippen molar-refractivity contribution in [2.75, 3.05) is 57.8 Å². The van der Waals surface area contributed by atoms with Gasteiger partial charge in [-0.15, -0.1) is 0 Å². The second-order valence-corrected chi connectivity index (χ2v) is 7.25. The Morgan fingerprint density at radius 1 is 1.21 bits per heavy atom. The molecule has 0 bridgehead atoms. The largest absolute Gasteiger partial charge is 0.377 e. The van der Waals surface area contributed by atoms with Crippen LogP contribution in [0.1, 0.15) is 27.2 Å². The standard InChI is InChI=1S/C19H33N7O2/c1-5-20-17(24-15-19(2,3)28-4)21-10-7-16(27)25-11-13-26(14-12-25)18-22-8-6-9-23-18/h6,8-9H,5,7,10-15H2,1-4H3,(H2,20,21,24). The van der Waals surface area contributed by atoms with Crippen molar-refractivity contribution in [1.82, 2.24) is 25.5 Å². The molecule has 9 heteroatoms. The first-order valence-electron chi connectivity index (χ1n) is 9.82. The Morgan fingerprint density at radius 2 is 1.89 bits per heavy atom. The third-order valence-electron chi connectivity index (χ3n) is 4.61. The minimum atomic E-state index is -0.319. The highest BCUT2D eigenvalue weighted by molar-refractivity contribution is 5.81. The molecule has 0 aromatic carbocycles. The molecule has 1 fully saturated rings. The summed E-state index contributed by atoms with van der Waals surface area (Å²) < 4.78 is 5.39. The molecule has 1 amide bonds. The summed E-state index contributed by atoms with van der Waals surface area (Å²) in [5.74, 6) is 1.57. The number of nitrogens with zero attached hydrogens (tertiary/aromatic N) is 5. The van der Waals surface area contributed by atoms with Crippen LogP contribution in [0.15, 0.2) is 23.5 Å². The zero-order chi connectivity index (χ0) is 20.4. The van der Waals surface area contributed by atoms with Gasteiger partial charge in [-0.1, -0.05) is 0 Å². The Bertz CT molecular complexity index is 628. The summed E-state index contributed by atoms with van der Waals surface area (Å²) in [6.45, 7) is 10.7. The van der Waals surface area contributed by atoms with Crippen LogP contribution in [-0.2, 0) is 9.53 Å². The van der Waals surface area contributed by atoms with Crippen LogP contribution in [0.25, 0.3) is 0 Å². The smallest absolute Gasteiger partial charge is 0.225 e. The van der Waals surface area contributed by atoms with Gasteiger partial charge in [-0.05, 0) is 26.8 Å². The van der Waals surface area contributed by atoms with Crippen LogP contribution in [0, 0.1) is 0 Å². The normalized spacial score (nSPS) is 15.5. The second-order valence-electron chi connectivity index (χ2n) is 7.25. The van der Waals surface area contributed by atoms with E-state index in [9.17, 15) is 4.79 Å². The van der Waals surface area contributed by atoms with E-state index in [2.05, 4.69) is 30.5 Å². The molecule has 0 spiro atoms. The lowest BCUT2D eigenvalue weighted by molar-refractivity contribution is -0.131. The van der Waals surface area contributed by atoms with Gasteiger partial charge in [0, 0.05) is 65.2 Å². The molecular formula is C19H33N7O2. The van der Waals surface area contributed by atoms with Crippen molar-refractivity contribution in [3.63, 3.8) is 0 Å². The Balaban J connectivity index is 1.75. The fraction of sp³-hybridized carbons (Fsp3) is 0.684. The third-order valence-corrected chi connectivity index (χ3v) is 4.61. The average Bonchev–Trinajstić information content (AvgIpc) is 2.72. The molecule has 1 aliphatic heterocycles. The molecule has 1 aromatic rings. The van der Waals surface area contributed by atoms with Crippen molar-refractivity contribution in [1.29, 1.82) is 0 Å². The summed E-state index contributed by atoms with van der Waals surface area (Å²) in [4.78, 5) is 29.6. The van der Waals surface area contributed by atoms with Crippen LogP contribution in [0.4, 0.5) is 5.95 Å². The number of guanidine groups is 1. The van der Waals surface area contributed by atoms with Gasteiger partial charge in [0.15, 0.2) is 5.96 Å². The predicted octanol–water partition coefficient (Wildman–Crippen LogP) is 0.495. The molecule has 2 heterocycles. The van der Waals surface area contributed by atoms with Crippen LogP contribution in [0.3, 0.4) is 0 Å². The number of piperazine rings is 1. The lowest BCUT2D eigenvalue weighted by Gasteiger charge is -2.34. The average molecular weight is 392 g/mol. The number of hydrogen-bond donors (Lipinski definition) is 2. The Kier molecular flexibility index (Phi) is 8.43. The van der Waals surface area contributed by atoms with E-state index >= 15 is 0 Å². The zero-order valence-electron chi connectivity index (χ0n) is 17.4. The van der Waals surface area contributed by atoms with E-state index in [4.69, 9.17) is 4.74 Å². The van der Waals surface area contributed by atoms with E-state index in [-0.39, 0.29) is 11.5 Å². The number of carbonyl (C=O) groups excluding carboxylic acids is 1. The third kappa shape index (κ3) is 6.95. The molecule has 1 saturated heterocycles. The highest BCUT2D eigenvalue weighted by Crippen LogP contribution is 2.10. The van der Waals surface area contributed by atoms with Gasteiger partial charge in [0.25, 0.3) is 0 Å². The van der Waals surface area contributed by atoms with Crippen LogP contribution >= 0.6 is 0 Å². The maximum absolute atomic E-state index is 12.5. The lowest BCUT2D eigenvalue weighted by atomic mass is 10.1. The first-order chi connectivity index (χ1) is 13.4. The predicted molar refractivity (Wildman–Crippen MR) is 111 cm³/mol. The molecule has 1 aromatic heterocycles. The second kappa shape index (κ2) is 10.8. The minimum absolute atomic E-state index is 0.147. The number of anilines is 1. The van der Waals surface area contributed by atoms with Crippen molar-refractivity contribution in [2.45, 2.75) is 32.8 Å². The van der Waals surface area contributed by atoms with Crippen LogP contribution < -0.4 is 15.5 Å². The first kappa shape index (κ1) is 21.9. The molecule has 0 unspecified atom stereocenters. The van der Waals surface area contributed by atoms with Crippen LogP contribution in [-0.4, -0.2) is 85.3 Å². The molecule has 0 atom stereocenters. The van der Waals surface area contributed by atoms with Crippen molar-refractivity contribution in [2.24, 2.45) is 4.99 Å². The molecule has 156 valence electrons. The number of ether oxygens (including phenoxy) is 1. The van der Waals surface area contributed by atoms with Gasteiger partial charge in [-0.2, -0.15) is 0 Å². The summed E-state index contributed by atoms with van der Waals surface area (Å²) in [5.41, 5.74) is -0.319. The van der Waals surface area contributed by atoms with Crippen molar-refractivity contribution in [3.05, 3.63) is 18.5 Å². The van der Waals surface area contributed by atoms with Gasteiger partial charge >= 0.3 is 0 Å². The van der Waals surface area contributed by atoms with Gasteiger partial charge in [0.1, 0.15) is 0 Å². The Morgan fingerprint density at radius 3 is 2.50 bits per heavy atom. The van der Waals surface area contributed by atoms with E-state index in [1.165, 1.54) is 0 Å². The van der Waals surface area contributed by atoms with Crippen molar-refractivity contribution in [3.8, 4) is 0 Å². The first-order valence-corrected chi connectivity index (χ1v) is 9.82. The quantitative estimate of drug-likeness (QED) is 0.492. The van der Waals surface area contributed by atoms with E-state index < -0.39 is 0 Å². The number of carbonyl (C=O) groups is 1. The van der Waals surface area contributed by atoms with Gasteiger partial charge in [-0.25, -0.2) is 9.97 Å². The molecule has 28 heavy (non-hydrogen) atoms. The maximum Gasteiger partial charge on any atom is 0.225 e. The monoisotopic (exact) mass is 391 g/mol. The topological polar surface area (TPSA) is 95.0 Å². The minimum Gasteiger partial charge on any atom is -0.377 e. The summed E-state index contributed by atoms with van der Waals surface area (Å²) in [6, 6.07) is 1.80. The van der Waals surface area contributed by atoms with E-state index in [0.717, 1.165) is 25.6 Å². The fourth-order valence-electron chi connectivity index (χ4n) is 2.73. The molecule has 0 aliphatic carbocycles. The Labute approximate surface area is 167 Å². The number of hydrogen-bond acceptors (Lipinski definition) is 6. The van der Waals surface area contributed by atoms with Gasteiger partial charge in [-0.3, -0.25) is 9.79 Å². The molecule has 0 radical (unpaired) electrons.